The summed E-state index contributed by atoms with van der Waals surface area (Å²) in [5.41, 5.74) is 1.07. The highest BCUT2D eigenvalue weighted by atomic mass is 16.4. The van der Waals surface area contributed by atoms with Gasteiger partial charge in [0.1, 0.15) is 11.5 Å². The minimum Gasteiger partial charge on any atom is -0.478 e. The Balaban J connectivity index is 1.52. The Morgan fingerprint density at radius 1 is 1.22 bits per heavy atom. The number of nitrogens with zero attached hydrogens (tertiary/aromatic N) is 3. The van der Waals surface area contributed by atoms with Gasteiger partial charge in [0.15, 0.2) is 0 Å². The van der Waals surface area contributed by atoms with E-state index in [9.17, 15) is 9.59 Å². The molecule has 0 spiro atoms. The summed E-state index contributed by atoms with van der Waals surface area (Å²) >= 11 is 0. The van der Waals surface area contributed by atoms with Crippen LogP contribution in [0, 0.1) is 0 Å². The average Bonchev–Trinajstić information content (AvgIpc) is 3.40. The van der Waals surface area contributed by atoms with Gasteiger partial charge in [-0.15, -0.1) is 0 Å². The third-order valence-electron chi connectivity index (χ3n) is 3.61. The predicted octanol–water partition coefficient (Wildman–Crippen LogP) is 1.42. The molecule has 118 valence electrons. The van der Waals surface area contributed by atoms with Crippen LogP contribution in [0.15, 0.2) is 30.7 Å². The van der Waals surface area contributed by atoms with Crippen LogP contribution in [0.5, 0.6) is 0 Å². The molecule has 0 saturated heterocycles. The molecule has 2 N–H and O–H groups in total. The summed E-state index contributed by atoms with van der Waals surface area (Å²) in [6, 6.07) is 2.60. The first-order chi connectivity index (χ1) is 11.1. The minimum atomic E-state index is -1.09. The van der Waals surface area contributed by atoms with Crippen molar-refractivity contribution in [2.45, 2.75) is 25.2 Å². The smallest absolute Gasteiger partial charge is 0.335 e. The summed E-state index contributed by atoms with van der Waals surface area (Å²) < 4.78 is 0. The highest BCUT2D eigenvalue weighted by molar-refractivity contribution is 5.95. The molecule has 0 aliphatic heterocycles. The van der Waals surface area contributed by atoms with E-state index in [0.717, 1.165) is 24.2 Å². The van der Waals surface area contributed by atoms with E-state index in [-0.39, 0.29) is 11.3 Å². The molecule has 1 aliphatic carbocycles. The minimum absolute atomic E-state index is 0.0363. The summed E-state index contributed by atoms with van der Waals surface area (Å²) in [5, 5.41) is 11.6. The van der Waals surface area contributed by atoms with E-state index < -0.39 is 11.9 Å². The Labute approximate surface area is 132 Å². The Bertz CT molecular complexity index is 726. The summed E-state index contributed by atoms with van der Waals surface area (Å²) in [5.74, 6) is -0.0678. The van der Waals surface area contributed by atoms with Crippen molar-refractivity contribution in [3.63, 3.8) is 0 Å². The van der Waals surface area contributed by atoms with Crippen LogP contribution in [0.25, 0.3) is 0 Å². The van der Waals surface area contributed by atoms with Gasteiger partial charge in [0, 0.05) is 31.1 Å². The number of carboxylic acids is 1. The maximum atomic E-state index is 12.0. The molecule has 23 heavy (non-hydrogen) atoms. The second-order valence-electron chi connectivity index (χ2n) is 5.46. The van der Waals surface area contributed by atoms with Gasteiger partial charge >= 0.3 is 5.97 Å². The second kappa shape index (κ2) is 6.51. The van der Waals surface area contributed by atoms with Gasteiger partial charge in [0.2, 0.25) is 0 Å². The molecule has 7 nitrogen and oxygen atoms in total. The predicted molar refractivity (Wildman–Crippen MR) is 81.2 cm³/mol. The quantitative estimate of drug-likeness (QED) is 0.835. The standard InChI is InChI=1S/C16H16N4O3/c21-15(13-7-12(16(22)23)4-6-17-13)18-5-3-10-8-19-14(20-9-10)11-1-2-11/h4,6-9,11H,1-3,5H2,(H,18,21)(H,22,23). The lowest BCUT2D eigenvalue weighted by Crippen LogP contribution is -2.26. The van der Waals surface area contributed by atoms with Crippen LogP contribution in [-0.2, 0) is 6.42 Å². The van der Waals surface area contributed by atoms with Crippen LogP contribution >= 0.6 is 0 Å². The molecule has 1 amide bonds. The molecule has 1 aliphatic rings. The van der Waals surface area contributed by atoms with E-state index in [1.807, 2.05) is 0 Å². The first-order valence-electron chi connectivity index (χ1n) is 7.42. The summed E-state index contributed by atoms with van der Waals surface area (Å²) in [6.07, 6.45) is 7.82. The van der Waals surface area contributed by atoms with Crippen molar-refractivity contribution in [1.29, 1.82) is 0 Å². The Morgan fingerprint density at radius 2 is 1.96 bits per heavy atom. The molecule has 7 heteroatoms. The number of hydrogen-bond donors (Lipinski definition) is 2. The highest BCUT2D eigenvalue weighted by Gasteiger charge is 2.26. The summed E-state index contributed by atoms with van der Waals surface area (Å²) in [6.45, 7) is 0.407. The molecule has 0 atom stereocenters. The van der Waals surface area contributed by atoms with Crippen molar-refractivity contribution in [1.82, 2.24) is 20.3 Å². The molecule has 1 fully saturated rings. The maximum absolute atomic E-state index is 12.0. The fourth-order valence-corrected chi connectivity index (χ4v) is 2.14. The van der Waals surface area contributed by atoms with Crippen molar-refractivity contribution in [2.24, 2.45) is 0 Å². The van der Waals surface area contributed by atoms with Crippen LogP contribution in [-0.4, -0.2) is 38.5 Å². The lowest BCUT2D eigenvalue weighted by Gasteiger charge is -2.05. The topological polar surface area (TPSA) is 105 Å². The van der Waals surface area contributed by atoms with Gasteiger partial charge in [-0.1, -0.05) is 0 Å². The largest absolute Gasteiger partial charge is 0.478 e. The van der Waals surface area contributed by atoms with Gasteiger partial charge in [0.25, 0.3) is 5.91 Å². The number of pyridine rings is 1. The zero-order chi connectivity index (χ0) is 16.2. The van der Waals surface area contributed by atoms with Gasteiger partial charge in [-0.2, -0.15) is 0 Å². The number of carboxylic acid groups (broad SMARTS) is 1. The maximum Gasteiger partial charge on any atom is 0.335 e. The van der Waals surface area contributed by atoms with E-state index in [1.54, 1.807) is 12.4 Å². The van der Waals surface area contributed by atoms with Crippen molar-refractivity contribution >= 4 is 11.9 Å². The van der Waals surface area contributed by atoms with Crippen LogP contribution in [0.4, 0.5) is 0 Å². The molecule has 0 unspecified atom stereocenters. The molecular formula is C16H16N4O3. The molecule has 0 radical (unpaired) electrons. The Kier molecular flexibility index (Phi) is 4.27. The van der Waals surface area contributed by atoms with Gasteiger partial charge in [-0.25, -0.2) is 14.8 Å². The van der Waals surface area contributed by atoms with Crippen molar-refractivity contribution in [3.8, 4) is 0 Å². The fourth-order valence-electron chi connectivity index (χ4n) is 2.14. The molecule has 0 aromatic carbocycles. The second-order valence-corrected chi connectivity index (χ2v) is 5.46. The molecule has 0 bridgehead atoms. The number of aromatic nitrogens is 3. The average molecular weight is 312 g/mol. The molecule has 2 aromatic rings. The number of amides is 1. The number of rotatable bonds is 6. The zero-order valence-corrected chi connectivity index (χ0v) is 12.4. The molecule has 2 aromatic heterocycles. The Morgan fingerprint density at radius 3 is 2.61 bits per heavy atom. The molecular weight excluding hydrogens is 296 g/mol. The van der Waals surface area contributed by atoms with Crippen molar-refractivity contribution < 1.29 is 14.7 Å². The Hall–Kier alpha value is -2.83. The normalized spacial score (nSPS) is 13.6. The van der Waals surface area contributed by atoms with E-state index in [0.29, 0.717) is 18.9 Å². The van der Waals surface area contributed by atoms with E-state index in [1.165, 1.54) is 18.3 Å². The number of hydrogen-bond acceptors (Lipinski definition) is 5. The van der Waals surface area contributed by atoms with E-state index in [4.69, 9.17) is 5.11 Å². The molecule has 3 rings (SSSR count). The highest BCUT2D eigenvalue weighted by Crippen LogP contribution is 2.37. The van der Waals surface area contributed by atoms with Gasteiger partial charge in [-0.05, 0) is 37.0 Å². The first kappa shape index (κ1) is 15.1. The third kappa shape index (κ3) is 3.88. The third-order valence-corrected chi connectivity index (χ3v) is 3.61. The fraction of sp³-hybridized carbons (Fsp3) is 0.312. The summed E-state index contributed by atoms with van der Waals surface area (Å²) in [4.78, 5) is 35.4. The van der Waals surface area contributed by atoms with Gasteiger partial charge in [0.05, 0.1) is 5.56 Å². The molecule has 1 saturated carbocycles. The van der Waals surface area contributed by atoms with Crippen LogP contribution < -0.4 is 5.32 Å². The zero-order valence-electron chi connectivity index (χ0n) is 12.4. The SMILES string of the molecule is O=C(O)c1ccnc(C(=O)NCCc2cnc(C3CC3)nc2)c1. The monoisotopic (exact) mass is 312 g/mol. The first-order valence-corrected chi connectivity index (χ1v) is 7.42. The van der Waals surface area contributed by atoms with Crippen LogP contribution in [0.3, 0.4) is 0 Å². The van der Waals surface area contributed by atoms with Crippen LogP contribution in [0.2, 0.25) is 0 Å². The molecule has 2 heterocycles. The number of aromatic carboxylic acids is 1. The van der Waals surface area contributed by atoms with Gasteiger partial charge < -0.3 is 10.4 Å². The lowest BCUT2D eigenvalue weighted by atomic mass is 10.2. The number of carbonyl (C=O) groups excluding carboxylic acids is 1. The van der Waals surface area contributed by atoms with E-state index >= 15 is 0 Å². The number of nitrogens with one attached hydrogen (secondary N) is 1. The lowest BCUT2D eigenvalue weighted by molar-refractivity contribution is 0.0696. The van der Waals surface area contributed by atoms with Gasteiger partial charge in [-0.3, -0.25) is 9.78 Å². The number of carbonyl (C=O) groups is 2. The summed E-state index contributed by atoms with van der Waals surface area (Å²) in [7, 11) is 0. The van der Waals surface area contributed by atoms with Crippen LogP contribution in [0.1, 0.15) is 51.0 Å². The van der Waals surface area contributed by atoms with Crippen molar-refractivity contribution in [2.75, 3.05) is 6.54 Å². The van der Waals surface area contributed by atoms with E-state index in [2.05, 4.69) is 20.3 Å². The van der Waals surface area contributed by atoms with Crippen molar-refractivity contribution in [3.05, 3.63) is 53.4 Å².